The zero-order chi connectivity index (χ0) is 19.4. The quantitative estimate of drug-likeness (QED) is 0.452. The van der Waals surface area contributed by atoms with Gasteiger partial charge in [-0.2, -0.15) is 5.10 Å². The van der Waals surface area contributed by atoms with Crippen molar-refractivity contribution in [2.45, 2.75) is 13.8 Å². The summed E-state index contributed by atoms with van der Waals surface area (Å²) in [6, 6.07) is 12.5. The number of amides is 1. The molecule has 0 aliphatic carbocycles. The molecule has 1 amide bonds. The second-order valence-corrected chi connectivity index (χ2v) is 7.12. The first-order valence-electron chi connectivity index (χ1n) is 8.14. The molecule has 0 radical (unpaired) electrons. The fraction of sp³-hybridized carbons (Fsp3) is 0.158. The highest BCUT2D eigenvalue weighted by Gasteiger charge is 2.12. The fourth-order valence-corrected chi connectivity index (χ4v) is 2.80. The number of hydrogen-bond acceptors (Lipinski definition) is 5. The van der Waals surface area contributed by atoms with Crippen LogP contribution in [0, 0.1) is 17.4 Å². The largest absolute Gasteiger partial charge is 0.452 e. The van der Waals surface area contributed by atoms with E-state index in [0.717, 1.165) is 15.0 Å². The van der Waals surface area contributed by atoms with Gasteiger partial charge >= 0.3 is 5.97 Å². The summed E-state index contributed by atoms with van der Waals surface area (Å²) in [4.78, 5) is 28.2. The summed E-state index contributed by atoms with van der Waals surface area (Å²) < 4.78 is 7.80. The number of pyridine rings is 1. The van der Waals surface area contributed by atoms with E-state index in [0.29, 0.717) is 11.5 Å². The van der Waals surface area contributed by atoms with Crippen LogP contribution in [0.25, 0.3) is 5.82 Å². The molecule has 3 rings (SSSR count). The average molecular weight is 476 g/mol. The van der Waals surface area contributed by atoms with Gasteiger partial charge in [0.15, 0.2) is 12.4 Å². The molecule has 138 valence electrons. The highest BCUT2D eigenvalue weighted by molar-refractivity contribution is 14.1. The third-order valence-corrected chi connectivity index (χ3v) is 4.39. The van der Waals surface area contributed by atoms with Gasteiger partial charge < -0.3 is 10.1 Å². The Morgan fingerprint density at radius 1 is 1.15 bits per heavy atom. The number of carbonyl (C=O) groups excluding carboxylic acids is 2. The fourth-order valence-electron chi connectivity index (χ4n) is 2.44. The molecule has 27 heavy (non-hydrogen) atoms. The van der Waals surface area contributed by atoms with Crippen LogP contribution in [0.5, 0.6) is 0 Å². The van der Waals surface area contributed by atoms with Crippen LogP contribution in [0.15, 0.2) is 48.7 Å². The smallest absolute Gasteiger partial charge is 0.340 e. The summed E-state index contributed by atoms with van der Waals surface area (Å²) in [6.07, 6.45) is 1.41. The van der Waals surface area contributed by atoms with Gasteiger partial charge in [0.1, 0.15) is 0 Å². The highest BCUT2D eigenvalue weighted by atomic mass is 127. The van der Waals surface area contributed by atoms with Gasteiger partial charge in [-0.15, -0.1) is 0 Å². The highest BCUT2D eigenvalue weighted by Crippen LogP contribution is 2.12. The van der Waals surface area contributed by atoms with Gasteiger partial charge in [0, 0.05) is 21.1 Å². The second-order valence-electron chi connectivity index (χ2n) is 5.88. The average Bonchev–Trinajstić information content (AvgIpc) is 3.00. The van der Waals surface area contributed by atoms with Crippen molar-refractivity contribution in [3.05, 3.63) is 69.2 Å². The van der Waals surface area contributed by atoms with E-state index in [-0.39, 0.29) is 12.2 Å². The van der Waals surface area contributed by atoms with Crippen LogP contribution in [0.2, 0.25) is 0 Å². The van der Waals surface area contributed by atoms with Crippen LogP contribution < -0.4 is 5.32 Å². The SMILES string of the molecule is Cc1cc(C)n(-c2ccc(C(=O)OCC(=O)Nc3ccc(I)cc3)cn2)n1. The predicted molar refractivity (Wildman–Crippen MR) is 109 cm³/mol. The normalized spacial score (nSPS) is 10.5. The number of rotatable bonds is 5. The molecule has 0 spiro atoms. The molecular formula is C19H17IN4O3. The number of ether oxygens (including phenoxy) is 1. The first-order chi connectivity index (χ1) is 12.9. The number of nitrogens with one attached hydrogen (secondary N) is 1. The molecule has 8 heteroatoms. The lowest BCUT2D eigenvalue weighted by Gasteiger charge is -2.07. The van der Waals surface area contributed by atoms with Gasteiger partial charge in [0.05, 0.1) is 11.3 Å². The maximum absolute atomic E-state index is 12.1. The van der Waals surface area contributed by atoms with Crippen molar-refractivity contribution in [3.63, 3.8) is 0 Å². The van der Waals surface area contributed by atoms with E-state index in [1.807, 2.05) is 32.0 Å². The van der Waals surface area contributed by atoms with E-state index in [4.69, 9.17) is 4.74 Å². The first-order valence-corrected chi connectivity index (χ1v) is 9.22. The number of esters is 1. The Balaban J connectivity index is 1.57. The number of nitrogens with zero attached hydrogens (tertiary/aromatic N) is 3. The molecule has 2 heterocycles. The maximum atomic E-state index is 12.1. The Labute approximate surface area is 169 Å². The summed E-state index contributed by atoms with van der Waals surface area (Å²) in [7, 11) is 0. The molecule has 0 aliphatic rings. The van der Waals surface area contributed by atoms with E-state index < -0.39 is 11.9 Å². The summed E-state index contributed by atoms with van der Waals surface area (Å²) in [6.45, 7) is 3.46. The van der Waals surface area contributed by atoms with Crippen LogP contribution in [-0.2, 0) is 9.53 Å². The van der Waals surface area contributed by atoms with Crippen molar-refractivity contribution in [1.29, 1.82) is 0 Å². The molecule has 0 saturated carbocycles. The number of aromatic nitrogens is 3. The maximum Gasteiger partial charge on any atom is 0.340 e. The minimum absolute atomic E-state index is 0.266. The van der Waals surface area contributed by atoms with Crippen LogP contribution in [0.1, 0.15) is 21.7 Å². The van der Waals surface area contributed by atoms with Gasteiger partial charge in [-0.1, -0.05) is 0 Å². The Morgan fingerprint density at radius 2 is 1.89 bits per heavy atom. The molecule has 1 N–H and O–H groups in total. The van der Waals surface area contributed by atoms with E-state index in [2.05, 4.69) is 38.0 Å². The van der Waals surface area contributed by atoms with Gasteiger partial charge in [0.25, 0.3) is 5.91 Å². The summed E-state index contributed by atoms with van der Waals surface area (Å²) >= 11 is 2.18. The third kappa shape index (κ3) is 4.91. The topological polar surface area (TPSA) is 86.1 Å². The van der Waals surface area contributed by atoms with Crippen molar-refractivity contribution < 1.29 is 14.3 Å². The molecular weight excluding hydrogens is 459 g/mol. The van der Waals surface area contributed by atoms with Crippen LogP contribution >= 0.6 is 22.6 Å². The van der Waals surface area contributed by atoms with E-state index >= 15 is 0 Å². The predicted octanol–water partition coefficient (Wildman–Crippen LogP) is 3.28. The minimum Gasteiger partial charge on any atom is -0.452 e. The zero-order valence-corrected chi connectivity index (χ0v) is 16.9. The molecule has 1 aromatic carbocycles. The van der Waals surface area contributed by atoms with Crippen molar-refractivity contribution in [2.75, 3.05) is 11.9 Å². The summed E-state index contributed by atoms with van der Waals surface area (Å²) in [5, 5.41) is 7.01. The Morgan fingerprint density at radius 3 is 2.48 bits per heavy atom. The Bertz CT molecular complexity index is 966. The molecule has 2 aromatic heterocycles. The molecule has 0 aliphatic heterocycles. The lowest BCUT2D eigenvalue weighted by Crippen LogP contribution is -2.21. The number of benzene rings is 1. The number of anilines is 1. The van der Waals surface area contributed by atoms with E-state index in [1.165, 1.54) is 6.20 Å². The van der Waals surface area contributed by atoms with Gasteiger partial charge in [-0.05, 0) is 78.9 Å². The van der Waals surface area contributed by atoms with E-state index in [1.54, 1.807) is 28.9 Å². The van der Waals surface area contributed by atoms with Crippen LogP contribution in [0.3, 0.4) is 0 Å². The van der Waals surface area contributed by atoms with Gasteiger partial charge in [0.2, 0.25) is 0 Å². The number of hydrogen-bond donors (Lipinski definition) is 1. The van der Waals surface area contributed by atoms with Crippen molar-refractivity contribution in [1.82, 2.24) is 14.8 Å². The van der Waals surface area contributed by atoms with Gasteiger partial charge in [-0.25, -0.2) is 14.5 Å². The van der Waals surface area contributed by atoms with Crippen molar-refractivity contribution >= 4 is 40.2 Å². The van der Waals surface area contributed by atoms with Crippen molar-refractivity contribution in [3.8, 4) is 5.82 Å². The molecule has 0 saturated heterocycles. The molecule has 0 fully saturated rings. The minimum atomic E-state index is -0.611. The lowest BCUT2D eigenvalue weighted by molar-refractivity contribution is -0.119. The Hall–Kier alpha value is -2.75. The van der Waals surface area contributed by atoms with Crippen molar-refractivity contribution in [2.24, 2.45) is 0 Å². The second kappa shape index (κ2) is 8.30. The standard InChI is InChI=1S/C19H17IN4O3/c1-12-9-13(2)24(23-12)17-8-3-14(10-21-17)19(26)27-11-18(25)22-16-6-4-15(20)5-7-16/h3-10H,11H2,1-2H3,(H,22,25). The summed E-state index contributed by atoms with van der Waals surface area (Å²) in [5.41, 5.74) is 2.74. The molecule has 0 bridgehead atoms. The van der Waals surface area contributed by atoms with Crippen LogP contribution in [0.4, 0.5) is 5.69 Å². The first kappa shape index (κ1) is 19.0. The molecule has 3 aromatic rings. The number of halogens is 1. The molecule has 7 nitrogen and oxygen atoms in total. The lowest BCUT2D eigenvalue weighted by atomic mass is 10.3. The summed E-state index contributed by atoms with van der Waals surface area (Å²) in [5.74, 6) is -0.412. The number of aryl methyl sites for hydroxylation is 2. The molecule has 0 unspecified atom stereocenters. The molecule has 0 atom stereocenters. The number of carbonyl (C=O) groups is 2. The monoisotopic (exact) mass is 476 g/mol. The van der Waals surface area contributed by atoms with Gasteiger partial charge in [-0.3, -0.25) is 4.79 Å². The third-order valence-electron chi connectivity index (χ3n) is 3.67. The van der Waals surface area contributed by atoms with E-state index in [9.17, 15) is 9.59 Å². The zero-order valence-electron chi connectivity index (χ0n) is 14.8. The Kier molecular flexibility index (Phi) is 5.84. The van der Waals surface area contributed by atoms with Crippen LogP contribution in [-0.4, -0.2) is 33.2 Å².